The molecule has 0 unspecified atom stereocenters. The largest absolute Gasteiger partial charge is 0.534 e. The van der Waals surface area contributed by atoms with E-state index in [9.17, 15) is 21.6 Å². The van der Waals surface area contributed by atoms with E-state index in [0.29, 0.717) is 28.4 Å². The van der Waals surface area contributed by atoms with Crippen molar-refractivity contribution in [3.8, 4) is 28.7 Å². The standard InChI is InChI=1S/C19H19F3O7S/c1-25-14-8-7-12(9-15(14)29-30(23,24)19(20,21)22)5-6-13-10-16(26-2)18(28-4)17(11-13)27-3/h5-11H,1-4H3/b6-5-. The summed E-state index contributed by atoms with van der Waals surface area (Å²) in [6, 6.07) is 7.23. The van der Waals surface area contributed by atoms with Gasteiger partial charge < -0.3 is 23.1 Å². The van der Waals surface area contributed by atoms with E-state index < -0.39 is 21.4 Å². The summed E-state index contributed by atoms with van der Waals surface area (Å²) in [6.45, 7) is 0. The average molecular weight is 448 g/mol. The minimum Gasteiger partial charge on any atom is -0.493 e. The molecule has 0 bridgehead atoms. The molecule has 0 amide bonds. The van der Waals surface area contributed by atoms with E-state index in [2.05, 4.69) is 4.18 Å². The highest BCUT2D eigenvalue weighted by Gasteiger charge is 2.49. The van der Waals surface area contributed by atoms with Crippen LogP contribution in [0.1, 0.15) is 11.1 Å². The molecule has 0 heterocycles. The molecule has 0 spiro atoms. The van der Waals surface area contributed by atoms with E-state index >= 15 is 0 Å². The second kappa shape index (κ2) is 9.16. The molecular weight excluding hydrogens is 429 g/mol. The zero-order valence-corrected chi connectivity index (χ0v) is 17.3. The van der Waals surface area contributed by atoms with Crippen molar-refractivity contribution >= 4 is 22.3 Å². The van der Waals surface area contributed by atoms with Crippen LogP contribution in [0, 0.1) is 0 Å². The normalized spacial score (nSPS) is 12.0. The highest BCUT2D eigenvalue weighted by Crippen LogP contribution is 2.39. The molecule has 0 radical (unpaired) electrons. The first-order chi connectivity index (χ1) is 14.1. The summed E-state index contributed by atoms with van der Waals surface area (Å²) in [5.74, 6) is 0.447. The molecule has 2 rings (SSSR count). The molecule has 164 valence electrons. The summed E-state index contributed by atoms with van der Waals surface area (Å²) in [6.07, 6.45) is 3.15. The molecule has 0 aromatic heterocycles. The van der Waals surface area contributed by atoms with Gasteiger partial charge in [0, 0.05) is 0 Å². The molecule has 2 aromatic carbocycles. The van der Waals surface area contributed by atoms with Gasteiger partial charge in [0.1, 0.15) is 0 Å². The lowest BCUT2D eigenvalue weighted by Gasteiger charge is -2.13. The molecular formula is C19H19F3O7S. The Morgan fingerprint density at radius 3 is 1.70 bits per heavy atom. The predicted molar refractivity (Wildman–Crippen MR) is 104 cm³/mol. The Morgan fingerprint density at radius 2 is 1.23 bits per heavy atom. The third-order valence-corrected chi connectivity index (χ3v) is 4.79. The highest BCUT2D eigenvalue weighted by molar-refractivity contribution is 7.88. The lowest BCUT2D eigenvalue weighted by atomic mass is 10.1. The maximum Gasteiger partial charge on any atom is 0.534 e. The van der Waals surface area contributed by atoms with Gasteiger partial charge in [0.15, 0.2) is 23.0 Å². The fourth-order valence-electron chi connectivity index (χ4n) is 2.42. The van der Waals surface area contributed by atoms with Crippen LogP contribution in [-0.2, 0) is 10.1 Å². The van der Waals surface area contributed by atoms with Gasteiger partial charge in [0.25, 0.3) is 0 Å². The Bertz CT molecular complexity index is 1010. The molecule has 0 aliphatic heterocycles. The third-order valence-electron chi connectivity index (χ3n) is 3.83. The Morgan fingerprint density at radius 1 is 0.733 bits per heavy atom. The number of ether oxygens (including phenoxy) is 4. The van der Waals surface area contributed by atoms with Crippen molar-refractivity contribution in [2.24, 2.45) is 0 Å². The quantitative estimate of drug-likeness (QED) is 0.341. The predicted octanol–water partition coefficient (Wildman–Crippen LogP) is 4.12. The Balaban J connectivity index is 2.41. The SMILES string of the molecule is COc1ccc(/C=C\c2cc(OC)c(OC)c(OC)c2)cc1OS(=O)(=O)C(F)(F)F. The van der Waals surface area contributed by atoms with Crippen LogP contribution in [0.25, 0.3) is 12.2 Å². The third kappa shape index (κ3) is 5.09. The lowest BCUT2D eigenvalue weighted by molar-refractivity contribution is -0.0500. The van der Waals surface area contributed by atoms with Crippen LogP contribution in [-0.4, -0.2) is 42.4 Å². The molecule has 0 saturated carbocycles. The fourth-order valence-corrected chi connectivity index (χ4v) is 2.88. The van der Waals surface area contributed by atoms with Crippen LogP contribution >= 0.6 is 0 Å². The Kier molecular flexibility index (Phi) is 7.08. The number of methoxy groups -OCH3 is 4. The van der Waals surface area contributed by atoms with Crippen LogP contribution in [0.3, 0.4) is 0 Å². The maximum absolute atomic E-state index is 12.6. The van der Waals surface area contributed by atoms with Gasteiger partial charge in [0.05, 0.1) is 28.4 Å². The minimum atomic E-state index is -5.84. The van der Waals surface area contributed by atoms with E-state index in [1.807, 2.05) is 0 Å². The van der Waals surface area contributed by atoms with Crippen molar-refractivity contribution < 1.29 is 44.7 Å². The first-order valence-electron chi connectivity index (χ1n) is 8.23. The summed E-state index contributed by atoms with van der Waals surface area (Å²) < 4.78 is 85.4. The van der Waals surface area contributed by atoms with Gasteiger partial charge >= 0.3 is 15.6 Å². The van der Waals surface area contributed by atoms with Gasteiger partial charge in [-0.25, -0.2) is 0 Å². The Labute approximate surface area is 171 Å². The number of halogens is 3. The highest BCUT2D eigenvalue weighted by atomic mass is 32.2. The topological polar surface area (TPSA) is 80.3 Å². The van der Waals surface area contributed by atoms with Crippen LogP contribution in [0.15, 0.2) is 30.3 Å². The first kappa shape index (κ1) is 23.2. The number of benzene rings is 2. The van der Waals surface area contributed by atoms with Crippen LogP contribution < -0.4 is 23.1 Å². The van der Waals surface area contributed by atoms with Gasteiger partial charge in [-0.1, -0.05) is 18.2 Å². The van der Waals surface area contributed by atoms with E-state index in [0.717, 1.165) is 6.07 Å². The molecule has 0 saturated heterocycles. The fraction of sp³-hybridized carbons (Fsp3) is 0.263. The lowest BCUT2D eigenvalue weighted by Crippen LogP contribution is -2.28. The minimum absolute atomic E-state index is 0.173. The van der Waals surface area contributed by atoms with E-state index in [1.54, 1.807) is 18.2 Å². The number of rotatable bonds is 8. The van der Waals surface area contributed by atoms with Crippen LogP contribution in [0.2, 0.25) is 0 Å². The molecule has 0 atom stereocenters. The second-order valence-corrected chi connectivity index (χ2v) is 7.22. The maximum atomic E-state index is 12.6. The molecule has 0 aliphatic carbocycles. The van der Waals surface area contributed by atoms with Gasteiger partial charge in [-0.05, 0) is 35.4 Å². The van der Waals surface area contributed by atoms with Crippen molar-refractivity contribution in [1.82, 2.24) is 0 Å². The summed E-state index contributed by atoms with van der Waals surface area (Å²) in [7, 11) is -0.293. The van der Waals surface area contributed by atoms with Gasteiger partial charge in [-0.2, -0.15) is 21.6 Å². The van der Waals surface area contributed by atoms with Crippen LogP contribution in [0.5, 0.6) is 28.7 Å². The van der Waals surface area contributed by atoms with E-state index in [-0.39, 0.29) is 5.75 Å². The average Bonchev–Trinajstić information content (AvgIpc) is 2.70. The second-order valence-electron chi connectivity index (χ2n) is 5.69. The molecule has 0 N–H and O–H groups in total. The summed E-state index contributed by atoms with van der Waals surface area (Å²) in [4.78, 5) is 0. The van der Waals surface area contributed by atoms with Crippen molar-refractivity contribution in [1.29, 1.82) is 0 Å². The molecule has 7 nitrogen and oxygen atoms in total. The zero-order chi connectivity index (χ0) is 22.5. The summed E-state index contributed by atoms with van der Waals surface area (Å²) in [5, 5.41) is 0. The van der Waals surface area contributed by atoms with E-state index in [1.165, 1.54) is 46.6 Å². The van der Waals surface area contributed by atoms with Crippen molar-refractivity contribution in [2.45, 2.75) is 5.51 Å². The first-order valence-corrected chi connectivity index (χ1v) is 9.64. The Hall–Kier alpha value is -3.08. The molecule has 0 aliphatic rings. The van der Waals surface area contributed by atoms with Gasteiger partial charge in [-0.15, -0.1) is 0 Å². The zero-order valence-electron chi connectivity index (χ0n) is 16.4. The molecule has 0 fully saturated rings. The monoisotopic (exact) mass is 448 g/mol. The molecule has 2 aromatic rings. The molecule has 30 heavy (non-hydrogen) atoms. The number of alkyl halides is 3. The summed E-state index contributed by atoms with van der Waals surface area (Å²) >= 11 is 0. The van der Waals surface area contributed by atoms with Gasteiger partial charge in [-0.3, -0.25) is 0 Å². The van der Waals surface area contributed by atoms with Crippen molar-refractivity contribution in [3.05, 3.63) is 41.5 Å². The number of hydrogen-bond donors (Lipinski definition) is 0. The smallest absolute Gasteiger partial charge is 0.493 e. The van der Waals surface area contributed by atoms with Crippen LogP contribution in [0.4, 0.5) is 13.2 Å². The number of hydrogen-bond acceptors (Lipinski definition) is 7. The molecule has 11 heteroatoms. The van der Waals surface area contributed by atoms with Gasteiger partial charge in [0.2, 0.25) is 5.75 Å². The summed E-state index contributed by atoms with van der Waals surface area (Å²) in [5.41, 5.74) is -4.58. The van der Waals surface area contributed by atoms with Crippen molar-refractivity contribution in [3.63, 3.8) is 0 Å². The van der Waals surface area contributed by atoms with Crippen molar-refractivity contribution in [2.75, 3.05) is 28.4 Å². The van der Waals surface area contributed by atoms with E-state index in [4.69, 9.17) is 18.9 Å².